The van der Waals surface area contributed by atoms with Gasteiger partial charge in [-0.25, -0.2) is 0 Å². The Kier molecular flexibility index (Phi) is 53.1. The molecule has 0 saturated carbocycles. The molecular formula is C59H111NO5. The summed E-state index contributed by atoms with van der Waals surface area (Å²) in [5.41, 5.74) is 0. The van der Waals surface area contributed by atoms with Gasteiger partial charge in [-0.3, -0.25) is 9.59 Å². The first kappa shape index (κ1) is 63.1. The van der Waals surface area contributed by atoms with Crippen LogP contribution in [0.2, 0.25) is 0 Å². The zero-order valence-corrected chi connectivity index (χ0v) is 43.5. The summed E-state index contributed by atoms with van der Waals surface area (Å²) in [7, 11) is 0. The maximum atomic E-state index is 12.5. The molecule has 0 heterocycles. The maximum Gasteiger partial charge on any atom is 0.305 e. The number of hydrogen-bond donors (Lipinski definition) is 3. The second-order valence-corrected chi connectivity index (χ2v) is 19.6. The molecule has 6 nitrogen and oxygen atoms in total. The average molecular weight is 915 g/mol. The number of aliphatic hydroxyl groups is 2. The van der Waals surface area contributed by atoms with E-state index in [-0.39, 0.29) is 18.5 Å². The number of carbonyl (C=O) groups is 2. The van der Waals surface area contributed by atoms with Crippen molar-refractivity contribution in [1.82, 2.24) is 5.32 Å². The molecule has 0 bridgehead atoms. The van der Waals surface area contributed by atoms with Gasteiger partial charge < -0.3 is 20.3 Å². The molecule has 0 radical (unpaired) electrons. The number of ether oxygens (including phenoxy) is 1. The fourth-order valence-corrected chi connectivity index (χ4v) is 8.67. The zero-order chi connectivity index (χ0) is 47.2. The van der Waals surface area contributed by atoms with Crippen LogP contribution in [-0.4, -0.2) is 47.4 Å². The third kappa shape index (κ3) is 51.3. The predicted octanol–water partition coefficient (Wildman–Crippen LogP) is 17.6. The normalized spacial score (nSPS) is 12.9. The molecule has 0 fully saturated rings. The van der Waals surface area contributed by atoms with Crippen molar-refractivity contribution >= 4 is 11.9 Å². The summed E-state index contributed by atoms with van der Waals surface area (Å²) in [6, 6.07) is -0.634. The van der Waals surface area contributed by atoms with Gasteiger partial charge in [0.15, 0.2) is 0 Å². The van der Waals surface area contributed by atoms with Crippen LogP contribution in [0.3, 0.4) is 0 Å². The summed E-state index contributed by atoms with van der Waals surface area (Å²) in [4.78, 5) is 24.4. The summed E-state index contributed by atoms with van der Waals surface area (Å²) < 4.78 is 5.45. The molecule has 0 aliphatic heterocycles. The highest BCUT2D eigenvalue weighted by Gasteiger charge is 2.18. The van der Waals surface area contributed by atoms with Crippen molar-refractivity contribution in [3.8, 4) is 0 Å². The first-order valence-electron chi connectivity index (χ1n) is 28.8. The largest absolute Gasteiger partial charge is 0.466 e. The number of hydrogen-bond acceptors (Lipinski definition) is 5. The predicted molar refractivity (Wildman–Crippen MR) is 283 cm³/mol. The van der Waals surface area contributed by atoms with Crippen molar-refractivity contribution in [1.29, 1.82) is 0 Å². The van der Waals surface area contributed by atoms with Crippen molar-refractivity contribution in [3.05, 3.63) is 36.5 Å². The Hall–Kier alpha value is -1.92. The Bertz CT molecular complexity index is 1060. The number of aliphatic hydroxyl groups excluding tert-OH is 2. The van der Waals surface area contributed by atoms with Crippen LogP contribution in [0.5, 0.6) is 0 Å². The van der Waals surface area contributed by atoms with Crippen LogP contribution in [0.25, 0.3) is 0 Å². The molecule has 2 unspecified atom stereocenters. The van der Waals surface area contributed by atoms with Gasteiger partial charge in [0.25, 0.3) is 0 Å². The fraction of sp³-hybridized carbons (Fsp3) is 0.864. The standard InChI is InChI=1S/C59H111NO5/c1-3-5-7-9-11-13-15-16-17-25-28-32-35-39-43-47-51-57(62)56(55-61)60-58(63)52-48-44-40-36-33-29-26-23-21-19-18-20-22-24-27-30-34-38-42-46-50-54-65-59(64)53-49-45-41-37-31-14-12-10-8-6-4-2/h10,12,19,21,47,51,56-57,61-62H,3-9,11,13-18,20,22-46,48-50,52-55H2,1-2H3,(H,60,63)/b12-10-,21-19-,51-47+. The molecule has 0 aliphatic carbocycles. The summed E-state index contributed by atoms with van der Waals surface area (Å²) in [6.45, 7) is 4.86. The van der Waals surface area contributed by atoms with Crippen LogP contribution >= 0.6 is 0 Å². The van der Waals surface area contributed by atoms with Crippen molar-refractivity contribution in [2.45, 2.75) is 315 Å². The quantitative estimate of drug-likeness (QED) is 0.0321. The molecule has 0 aliphatic rings. The van der Waals surface area contributed by atoms with Crippen molar-refractivity contribution in [2.75, 3.05) is 13.2 Å². The van der Waals surface area contributed by atoms with Crippen LogP contribution in [0, 0.1) is 0 Å². The Morgan fingerprint density at radius 3 is 1.14 bits per heavy atom. The molecule has 0 saturated heterocycles. The number of nitrogens with one attached hydrogen (secondary N) is 1. The van der Waals surface area contributed by atoms with Crippen LogP contribution in [0.15, 0.2) is 36.5 Å². The SMILES string of the molecule is CCCC/C=C\CCCCCCCC(=O)OCCCCCCCCCCCC/C=C\CCCCCCCCCC(=O)NC(CO)C(O)/C=C/CCCCCCCCCCCCCCCC. The lowest BCUT2D eigenvalue weighted by Gasteiger charge is -2.20. The molecule has 0 spiro atoms. The van der Waals surface area contributed by atoms with E-state index in [0.717, 1.165) is 51.4 Å². The number of carbonyl (C=O) groups excluding carboxylic acids is 2. The third-order valence-electron chi connectivity index (χ3n) is 13.1. The Balaban J connectivity index is 3.47. The number of unbranched alkanes of at least 4 members (excludes halogenated alkanes) is 38. The van der Waals surface area contributed by atoms with Crippen LogP contribution in [0.4, 0.5) is 0 Å². The van der Waals surface area contributed by atoms with E-state index in [9.17, 15) is 19.8 Å². The maximum absolute atomic E-state index is 12.5. The second kappa shape index (κ2) is 54.7. The van der Waals surface area contributed by atoms with Crippen LogP contribution < -0.4 is 5.32 Å². The molecule has 65 heavy (non-hydrogen) atoms. The minimum atomic E-state index is -0.849. The first-order valence-corrected chi connectivity index (χ1v) is 28.8. The molecule has 382 valence electrons. The molecule has 2 atom stereocenters. The van der Waals surface area contributed by atoms with Gasteiger partial charge in [-0.15, -0.1) is 0 Å². The van der Waals surface area contributed by atoms with Crippen molar-refractivity contribution in [3.63, 3.8) is 0 Å². The fourth-order valence-electron chi connectivity index (χ4n) is 8.67. The summed E-state index contributed by atoms with van der Waals surface area (Å²) in [5.74, 6) is -0.0789. The molecule has 0 rings (SSSR count). The molecule has 0 aromatic heterocycles. The van der Waals surface area contributed by atoms with Gasteiger partial charge in [-0.1, -0.05) is 249 Å². The molecular weight excluding hydrogens is 803 g/mol. The summed E-state index contributed by atoms with van der Waals surface area (Å²) in [6.07, 6.45) is 67.4. The van der Waals surface area contributed by atoms with Gasteiger partial charge in [-0.2, -0.15) is 0 Å². The number of allylic oxidation sites excluding steroid dienone is 5. The van der Waals surface area contributed by atoms with Gasteiger partial charge in [-0.05, 0) is 77.0 Å². The van der Waals surface area contributed by atoms with Crippen molar-refractivity contribution in [2.24, 2.45) is 0 Å². The van der Waals surface area contributed by atoms with E-state index in [1.165, 1.54) is 225 Å². The summed E-state index contributed by atoms with van der Waals surface area (Å²) >= 11 is 0. The Morgan fingerprint density at radius 1 is 0.415 bits per heavy atom. The number of esters is 1. The van der Waals surface area contributed by atoms with Crippen LogP contribution in [-0.2, 0) is 14.3 Å². The highest BCUT2D eigenvalue weighted by Crippen LogP contribution is 2.16. The average Bonchev–Trinajstić information content (AvgIpc) is 3.31. The molecule has 6 heteroatoms. The molecule has 1 amide bonds. The second-order valence-electron chi connectivity index (χ2n) is 19.6. The number of rotatable bonds is 53. The smallest absolute Gasteiger partial charge is 0.305 e. The van der Waals surface area contributed by atoms with E-state index in [0.29, 0.717) is 19.4 Å². The minimum absolute atomic E-state index is 0.00384. The lowest BCUT2D eigenvalue weighted by atomic mass is 10.0. The Morgan fingerprint density at radius 2 is 0.738 bits per heavy atom. The highest BCUT2D eigenvalue weighted by atomic mass is 16.5. The molecule has 0 aromatic rings. The van der Waals surface area contributed by atoms with E-state index < -0.39 is 12.1 Å². The van der Waals surface area contributed by atoms with Gasteiger partial charge in [0.2, 0.25) is 5.91 Å². The van der Waals surface area contributed by atoms with E-state index >= 15 is 0 Å². The monoisotopic (exact) mass is 914 g/mol. The van der Waals surface area contributed by atoms with Gasteiger partial charge in [0, 0.05) is 12.8 Å². The first-order chi connectivity index (χ1) is 32.0. The van der Waals surface area contributed by atoms with E-state index in [1.54, 1.807) is 6.08 Å². The van der Waals surface area contributed by atoms with Gasteiger partial charge in [0.1, 0.15) is 0 Å². The molecule has 0 aromatic carbocycles. The van der Waals surface area contributed by atoms with E-state index in [4.69, 9.17) is 4.74 Å². The third-order valence-corrected chi connectivity index (χ3v) is 13.1. The minimum Gasteiger partial charge on any atom is -0.466 e. The van der Waals surface area contributed by atoms with E-state index in [1.807, 2.05) is 6.08 Å². The van der Waals surface area contributed by atoms with Gasteiger partial charge >= 0.3 is 5.97 Å². The summed E-state index contributed by atoms with van der Waals surface area (Å²) in [5, 5.41) is 23.1. The van der Waals surface area contributed by atoms with E-state index in [2.05, 4.69) is 43.5 Å². The van der Waals surface area contributed by atoms with Crippen LogP contribution in [0.1, 0.15) is 303 Å². The number of amides is 1. The lowest BCUT2D eigenvalue weighted by molar-refractivity contribution is -0.143. The topological polar surface area (TPSA) is 95.9 Å². The molecule has 3 N–H and O–H groups in total. The zero-order valence-electron chi connectivity index (χ0n) is 43.5. The lowest BCUT2D eigenvalue weighted by Crippen LogP contribution is -2.45. The Labute approximate surface area is 404 Å². The van der Waals surface area contributed by atoms with Crippen molar-refractivity contribution < 1.29 is 24.5 Å². The highest BCUT2D eigenvalue weighted by molar-refractivity contribution is 5.76. The van der Waals surface area contributed by atoms with Gasteiger partial charge in [0.05, 0.1) is 25.4 Å².